The molecule has 2 aromatic carbocycles. The Hall–Kier alpha value is -2.67. The summed E-state index contributed by atoms with van der Waals surface area (Å²) in [6, 6.07) is 13.9. The van der Waals surface area contributed by atoms with Crippen LogP contribution < -0.4 is 10.1 Å². The number of imide groups is 1. The third-order valence-corrected chi connectivity index (χ3v) is 4.64. The quantitative estimate of drug-likeness (QED) is 0.631. The number of rotatable bonds is 4. The lowest BCUT2D eigenvalue weighted by Crippen LogP contribution is -2.40. The summed E-state index contributed by atoms with van der Waals surface area (Å²) in [5.41, 5.74) is 0.302. The lowest BCUT2D eigenvalue weighted by atomic mass is 9.92. The number of nitrogens with zero attached hydrogens (tertiary/aromatic N) is 2. The van der Waals surface area contributed by atoms with Crippen molar-refractivity contribution in [3.8, 4) is 5.75 Å². The molecule has 3 rings (SSSR count). The molecule has 0 aromatic heterocycles. The van der Waals surface area contributed by atoms with E-state index in [0.29, 0.717) is 11.3 Å². The Morgan fingerprint density at radius 3 is 2.56 bits per heavy atom. The number of benzene rings is 2. The zero-order chi connectivity index (χ0) is 18.0. The molecule has 128 valence electrons. The molecule has 1 saturated heterocycles. The Morgan fingerprint density at radius 1 is 1.20 bits per heavy atom. The van der Waals surface area contributed by atoms with Crippen LogP contribution in [0.2, 0.25) is 0 Å². The van der Waals surface area contributed by atoms with E-state index in [-0.39, 0.29) is 0 Å². The molecule has 3 amide bonds. The minimum Gasteiger partial charge on any atom is -0.496 e. The van der Waals surface area contributed by atoms with Crippen molar-refractivity contribution < 1.29 is 14.3 Å². The van der Waals surface area contributed by atoms with E-state index in [1.807, 2.05) is 18.2 Å². The number of amides is 3. The number of urea groups is 1. The van der Waals surface area contributed by atoms with Gasteiger partial charge in [0.1, 0.15) is 11.3 Å². The summed E-state index contributed by atoms with van der Waals surface area (Å²) in [5, 5.41) is 7.62. The molecule has 0 bridgehead atoms. The maximum absolute atomic E-state index is 12.7. The van der Waals surface area contributed by atoms with E-state index in [0.717, 1.165) is 15.0 Å². The summed E-state index contributed by atoms with van der Waals surface area (Å²) in [7, 11) is 1.57. The van der Waals surface area contributed by atoms with E-state index in [1.54, 1.807) is 44.4 Å². The maximum Gasteiger partial charge on any atom is 0.346 e. The Balaban J connectivity index is 1.85. The van der Waals surface area contributed by atoms with Crippen molar-refractivity contribution in [1.82, 2.24) is 10.3 Å². The standard InChI is InChI=1S/C18H16BrN3O3/c1-18(13-6-4-3-5-7-13)16(23)22(17(24)21-18)20-11-12-8-9-15(25-2)14(19)10-12/h3-11H,1-2H3,(H,21,24)/b20-11-/t18-/m0/s1. The van der Waals surface area contributed by atoms with Gasteiger partial charge in [0, 0.05) is 0 Å². The van der Waals surface area contributed by atoms with Crippen LogP contribution in [0.25, 0.3) is 0 Å². The molecule has 0 saturated carbocycles. The largest absolute Gasteiger partial charge is 0.496 e. The predicted molar refractivity (Wildman–Crippen MR) is 97.5 cm³/mol. The number of nitrogens with one attached hydrogen (secondary N) is 1. The lowest BCUT2D eigenvalue weighted by Gasteiger charge is -2.20. The molecule has 1 N–H and O–H groups in total. The molecule has 0 unspecified atom stereocenters. The van der Waals surface area contributed by atoms with Crippen LogP contribution in [0.3, 0.4) is 0 Å². The van der Waals surface area contributed by atoms with Gasteiger partial charge in [-0.2, -0.15) is 5.10 Å². The smallest absolute Gasteiger partial charge is 0.346 e. The van der Waals surface area contributed by atoms with Gasteiger partial charge in [0.05, 0.1) is 17.8 Å². The molecule has 1 atom stereocenters. The minimum absolute atomic E-state index is 0.424. The lowest BCUT2D eigenvalue weighted by molar-refractivity contribution is -0.131. The van der Waals surface area contributed by atoms with Crippen LogP contribution in [-0.2, 0) is 10.3 Å². The summed E-state index contributed by atoms with van der Waals surface area (Å²) in [6.45, 7) is 1.67. The Morgan fingerprint density at radius 2 is 1.92 bits per heavy atom. The van der Waals surface area contributed by atoms with Crippen LogP contribution in [0.4, 0.5) is 4.79 Å². The van der Waals surface area contributed by atoms with Crippen molar-refractivity contribution in [2.45, 2.75) is 12.5 Å². The molecule has 1 heterocycles. The van der Waals surface area contributed by atoms with E-state index in [1.165, 1.54) is 6.21 Å². The molecular formula is C18H16BrN3O3. The summed E-state index contributed by atoms with van der Waals surface area (Å²) in [5.74, 6) is 0.260. The van der Waals surface area contributed by atoms with E-state index < -0.39 is 17.5 Å². The van der Waals surface area contributed by atoms with Crippen LogP contribution >= 0.6 is 15.9 Å². The first-order valence-electron chi connectivity index (χ1n) is 7.55. The normalized spacial score (nSPS) is 20.2. The molecule has 25 heavy (non-hydrogen) atoms. The Labute approximate surface area is 153 Å². The van der Waals surface area contributed by atoms with Crippen LogP contribution in [-0.4, -0.2) is 30.3 Å². The second kappa shape index (κ2) is 6.68. The van der Waals surface area contributed by atoms with E-state index in [2.05, 4.69) is 26.3 Å². The first kappa shape index (κ1) is 17.2. The third-order valence-electron chi connectivity index (χ3n) is 4.02. The van der Waals surface area contributed by atoms with Crippen molar-refractivity contribution in [2.24, 2.45) is 5.10 Å². The van der Waals surface area contributed by atoms with Crippen LogP contribution in [0.5, 0.6) is 5.75 Å². The second-order valence-corrected chi connectivity index (χ2v) is 6.53. The molecule has 1 aliphatic rings. The van der Waals surface area contributed by atoms with Gasteiger partial charge < -0.3 is 10.1 Å². The molecule has 0 aliphatic carbocycles. The number of hydrogen-bond acceptors (Lipinski definition) is 4. The SMILES string of the molecule is COc1ccc(/C=N\N2C(=O)N[C@@](C)(c3ccccc3)C2=O)cc1Br. The Kier molecular flexibility index (Phi) is 4.59. The molecule has 1 aliphatic heterocycles. The van der Waals surface area contributed by atoms with Gasteiger partial charge in [0.2, 0.25) is 0 Å². The fourth-order valence-electron chi connectivity index (χ4n) is 2.58. The fourth-order valence-corrected chi connectivity index (χ4v) is 3.14. The van der Waals surface area contributed by atoms with Crippen molar-refractivity contribution in [3.63, 3.8) is 0 Å². The number of hydrogen-bond donors (Lipinski definition) is 1. The van der Waals surface area contributed by atoms with Crippen molar-refractivity contribution >= 4 is 34.1 Å². The average Bonchev–Trinajstić information content (AvgIpc) is 2.84. The van der Waals surface area contributed by atoms with Gasteiger partial charge in [-0.25, -0.2) is 4.79 Å². The summed E-state index contributed by atoms with van der Waals surface area (Å²) >= 11 is 3.39. The highest BCUT2D eigenvalue weighted by Crippen LogP contribution is 2.29. The van der Waals surface area contributed by atoms with Gasteiger partial charge in [0.25, 0.3) is 5.91 Å². The van der Waals surface area contributed by atoms with E-state index in [9.17, 15) is 9.59 Å². The molecule has 6 nitrogen and oxygen atoms in total. The number of methoxy groups -OCH3 is 1. The van der Waals surface area contributed by atoms with Gasteiger partial charge in [-0.1, -0.05) is 30.3 Å². The van der Waals surface area contributed by atoms with Crippen LogP contribution in [0, 0.1) is 0 Å². The molecule has 0 radical (unpaired) electrons. The average molecular weight is 402 g/mol. The molecule has 7 heteroatoms. The second-order valence-electron chi connectivity index (χ2n) is 5.68. The third kappa shape index (κ3) is 3.15. The highest BCUT2D eigenvalue weighted by molar-refractivity contribution is 9.10. The summed E-state index contributed by atoms with van der Waals surface area (Å²) < 4.78 is 5.92. The van der Waals surface area contributed by atoms with Crippen LogP contribution in [0.1, 0.15) is 18.1 Å². The van der Waals surface area contributed by atoms with E-state index >= 15 is 0 Å². The van der Waals surface area contributed by atoms with Gasteiger partial charge in [-0.3, -0.25) is 4.79 Å². The molecule has 2 aromatic rings. The fraction of sp³-hybridized carbons (Fsp3) is 0.167. The van der Waals surface area contributed by atoms with Gasteiger partial charge in [-0.15, -0.1) is 5.01 Å². The van der Waals surface area contributed by atoms with Crippen molar-refractivity contribution in [3.05, 3.63) is 64.1 Å². The molecule has 0 spiro atoms. The van der Waals surface area contributed by atoms with Gasteiger partial charge in [-0.05, 0) is 52.2 Å². The van der Waals surface area contributed by atoms with E-state index in [4.69, 9.17) is 4.74 Å². The predicted octanol–water partition coefficient (Wildman–Crippen LogP) is 3.26. The molecule has 1 fully saturated rings. The highest BCUT2D eigenvalue weighted by Gasteiger charge is 2.49. The number of hydrazone groups is 1. The van der Waals surface area contributed by atoms with Crippen molar-refractivity contribution in [1.29, 1.82) is 0 Å². The highest BCUT2D eigenvalue weighted by atomic mass is 79.9. The zero-order valence-corrected chi connectivity index (χ0v) is 15.3. The first-order chi connectivity index (χ1) is 12.0. The number of carbonyl (C=O) groups excluding carboxylic acids is 2. The maximum atomic E-state index is 12.7. The number of carbonyl (C=O) groups is 2. The zero-order valence-electron chi connectivity index (χ0n) is 13.7. The summed E-state index contributed by atoms with van der Waals surface area (Å²) in [6.07, 6.45) is 1.46. The topological polar surface area (TPSA) is 71.0 Å². The monoisotopic (exact) mass is 401 g/mol. The number of ether oxygens (including phenoxy) is 1. The first-order valence-corrected chi connectivity index (χ1v) is 8.35. The Bertz CT molecular complexity index is 854. The van der Waals surface area contributed by atoms with Crippen LogP contribution in [0.15, 0.2) is 58.1 Å². The van der Waals surface area contributed by atoms with Gasteiger partial charge >= 0.3 is 6.03 Å². The van der Waals surface area contributed by atoms with Gasteiger partial charge in [0.15, 0.2) is 0 Å². The summed E-state index contributed by atoms with van der Waals surface area (Å²) in [4.78, 5) is 24.9. The number of halogens is 1. The molecular weight excluding hydrogens is 386 g/mol. The van der Waals surface area contributed by atoms with Crippen molar-refractivity contribution in [2.75, 3.05) is 7.11 Å². The minimum atomic E-state index is -1.13.